The van der Waals surface area contributed by atoms with Crippen molar-refractivity contribution in [2.24, 2.45) is 0 Å². The van der Waals surface area contributed by atoms with Gasteiger partial charge in [-0.15, -0.1) is 0 Å². The summed E-state index contributed by atoms with van der Waals surface area (Å²) in [6.07, 6.45) is 0. The fourth-order valence-electron chi connectivity index (χ4n) is 3.33. The Morgan fingerprint density at radius 1 is 1.15 bits per heavy atom. The number of piperazine rings is 1. The minimum absolute atomic E-state index is 0.00313. The van der Waals surface area contributed by atoms with Gasteiger partial charge in [0.25, 0.3) is 11.6 Å². The standard InChI is InChI=1S/C20H23N3O4/c1-3-27-18-6-4-5-16(14-18)20(24)22-11-9-21(10-12-22)19-8-7-17(23(25)26)13-15(19)2/h4-8,13-14H,3,9-12H2,1-2H3. The highest BCUT2D eigenvalue weighted by molar-refractivity contribution is 5.94. The highest BCUT2D eigenvalue weighted by atomic mass is 16.6. The number of aryl methyl sites for hydroxylation is 1. The number of hydrogen-bond donors (Lipinski definition) is 0. The predicted molar refractivity (Wildman–Crippen MR) is 104 cm³/mol. The third kappa shape index (κ3) is 4.19. The van der Waals surface area contributed by atoms with Crippen LogP contribution in [0.5, 0.6) is 5.75 Å². The predicted octanol–water partition coefficient (Wildman–Crippen LogP) is 3.26. The second-order valence-corrected chi connectivity index (χ2v) is 6.47. The topological polar surface area (TPSA) is 75.9 Å². The van der Waals surface area contributed by atoms with Crippen LogP contribution in [0.4, 0.5) is 11.4 Å². The van der Waals surface area contributed by atoms with Gasteiger partial charge in [0.15, 0.2) is 0 Å². The number of nitro benzene ring substituents is 1. The van der Waals surface area contributed by atoms with Crippen molar-refractivity contribution in [2.75, 3.05) is 37.7 Å². The molecule has 0 radical (unpaired) electrons. The average molecular weight is 369 g/mol. The van der Waals surface area contributed by atoms with E-state index in [1.54, 1.807) is 24.3 Å². The van der Waals surface area contributed by atoms with Crippen molar-refractivity contribution in [1.29, 1.82) is 0 Å². The second kappa shape index (κ2) is 8.07. The summed E-state index contributed by atoms with van der Waals surface area (Å²) >= 11 is 0. The molecule has 7 heteroatoms. The summed E-state index contributed by atoms with van der Waals surface area (Å²) < 4.78 is 5.47. The lowest BCUT2D eigenvalue weighted by atomic mass is 10.1. The highest BCUT2D eigenvalue weighted by Crippen LogP contribution is 2.26. The molecule has 1 aliphatic heterocycles. The minimum Gasteiger partial charge on any atom is -0.494 e. The Kier molecular flexibility index (Phi) is 5.59. The zero-order valence-corrected chi connectivity index (χ0v) is 15.6. The van der Waals surface area contributed by atoms with E-state index in [1.807, 2.05) is 30.9 Å². The molecule has 0 bridgehead atoms. The van der Waals surface area contributed by atoms with Crippen LogP contribution in [0.25, 0.3) is 0 Å². The quantitative estimate of drug-likeness (QED) is 0.597. The van der Waals surface area contributed by atoms with Crippen molar-refractivity contribution in [2.45, 2.75) is 13.8 Å². The molecule has 0 N–H and O–H groups in total. The molecule has 0 aromatic heterocycles. The Morgan fingerprint density at radius 3 is 2.52 bits per heavy atom. The van der Waals surface area contributed by atoms with Gasteiger partial charge in [0, 0.05) is 49.6 Å². The van der Waals surface area contributed by atoms with Gasteiger partial charge >= 0.3 is 0 Å². The van der Waals surface area contributed by atoms with E-state index in [1.165, 1.54) is 6.07 Å². The van der Waals surface area contributed by atoms with Gasteiger partial charge in [0.2, 0.25) is 0 Å². The van der Waals surface area contributed by atoms with Gasteiger partial charge < -0.3 is 14.5 Å². The summed E-state index contributed by atoms with van der Waals surface area (Å²) in [6, 6.07) is 12.2. The third-order valence-electron chi connectivity index (χ3n) is 4.69. The number of nitro groups is 1. The summed E-state index contributed by atoms with van der Waals surface area (Å²) in [7, 11) is 0. The smallest absolute Gasteiger partial charge is 0.269 e. The normalized spacial score (nSPS) is 14.1. The maximum absolute atomic E-state index is 12.8. The molecule has 3 rings (SSSR count). The van der Waals surface area contributed by atoms with Gasteiger partial charge in [-0.1, -0.05) is 6.07 Å². The molecule has 1 heterocycles. The van der Waals surface area contributed by atoms with Crippen molar-refractivity contribution in [3.63, 3.8) is 0 Å². The van der Waals surface area contributed by atoms with Crippen LogP contribution in [0, 0.1) is 17.0 Å². The van der Waals surface area contributed by atoms with Crippen LogP contribution in [-0.4, -0.2) is 48.5 Å². The van der Waals surface area contributed by atoms with E-state index >= 15 is 0 Å². The second-order valence-electron chi connectivity index (χ2n) is 6.47. The first-order chi connectivity index (χ1) is 13.0. The van der Waals surface area contributed by atoms with Crippen LogP contribution >= 0.6 is 0 Å². The molecule has 0 aliphatic carbocycles. The summed E-state index contributed by atoms with van der Waals surface area (Å²) in [5, 5.41) is 10.9. The molecule has 27 heavy (non-hydrogen) atoms. The number of nitrogens with zero attached hydrogens (tertiary/aromatic N) is 3. The molecular formula is C20H23N3O4. The minimum atomic E-state index is -0.385. The Balaban J connectivity index is 1.66. The van der Waals surface area contributed by atoms with E-state index in [-0.39, 0.29) is 16.5 Å². The average Bonchev–Trinajstić information content (AvgIpc) is 2.68. The van der Waals surface area contributed by atoms with E-state index in [4.69, 9.17) is 4.74 Å². The number of carbonyl (C=O) groups is 1. The molecule has 142 valence electrons. The van der Waals surface area contributed by atoms with Gasteiger partial charge in [0.1, 0.15) is 5.75 Å². The van der Waals surface area contributed by atoms with Crippen LogP contribution < -0.4 is 9.64 Å². The molecule has 2 aromatic carbocycles. The number of anilines is 1. The lowest BCUT2D eigenvalue weighted by molar-refractivity contribution is -0.384. The van der Waals surface area contributed by atoms with Crippen LogP contribution in [0.2, 0.25) is 0 Å². The van der Waals surface area contributed by atoms with Crippen molar-refractivity contribution in [1.82, 2.24) is 4.90 Å². The van der Waals surface area contributed by atoms with Gasteiger partial charge in [-0.05, 0) is 43.7 Å². The lowest BCUT2D eigenvalue weighted by Crippen LogP contribution is -2.49. The lowest BCUT2D eigenvalue weighted by Gasteiger charge is -2.36. The van der Waals surface area contributed by atoms with Gasteiger partial charge in [-0.2, -0.15) is 0 Å². The molecule has 0 atom stereocenters. The van der Waals surface area contributed by atoms with E-state index in [0.29, 0.717) is 44.1 Å². The van der Waals surface area contributed by atoms with E-state index in [9.17, 15) is 14.9 Å². The first-order valence-electron chi connectivity index (χ1n) is 9.01. The maximum atomic E-state index is 12.8. The van der Waals surface area contributed by atoms with Crippen molar-refractivity contribution in [3.05, 3.63) is 63.7 Å². The molecule has 1 aliphatic rings. The first kappa shape index (κ1) is 18.7. The molecule has 7 nitrogen and oxygen atoms in total. The monoisotopic (exact) mass is 369 g/mol. The summed E-state index contributed by atoms with van der Waals surface area (Å²) in [5.74, 6) is 0.695. The Bertz CT molecular complexity index is 845. The zero-order chi connectivity index (χ0) is 19.4. The number of carbonyl (C=O) groups excluding carboxylic acids is 1. The summed E-state index contributed by atoms with van der Waals surface area (Å²) in [5.41, 5.74) is 2.57. The number of non-ortho nitro benzene ring substituents is 1. The van der Waals surface area contributed by atoms with E-state index < -0.39 is 0 Å². The largest absolute Gasteiger partial charge is 0.494 e. The number of amides is 1. The van der Waals surface area contributed by atoms with E-state index in [2.05, 4.69) is 4.90 Å². The molecular weight excluding hydrogens is 346 g/mol. The molecule has 1 amide bonds. The van der Waals surface area contributed by atoms with Crippen LogP contribution in [0.1, 0.15) is 22.8 Å². The third-order valence-corrected chi connectivity index (χ3v) is 4.69. The van der Waals surface area contributed by atoms with Gasteiger partial charge in [0.05, 0.1) is 11.5 Å². The fraction of sp³-hybridized carbons (Fsp3) is 0.350. The number of ether oxygens (including phenoxy) is 1. The number of rotatable bonds is 5. The molecule has 2 aromatic rings. The van der Waals surface area contributed by atoms with Crippen molar-refractivity contribution >= 4 is 17.3 Å². The molecule has 0 unspecified atom stereocenters. The van der Waals surface area contributed by atoms with Crippen molar-refractivity contribution in [3.8, 4) is 5.75 Å². The van der Waals surface area contributed by atoms with Gasteiger partial charge in [-0.3, -0.25) is 14.9 Å². The Hall–Kier alpha value is -3.09. The zero-order valence-electron chi connectivity index (χ0n) is 15.6. The Labute approximate surface area is 158 Å². The molecule has 0 spiro atoms. The first-order valence-corrected chi connectivity index (χ1v) is 9.01. The molecule has 1 fully saturated rings. The summed E-state index contributed by atoms with van der Waals surface area (Å²) in [6.45, 7) is 6.94. The summed E-state index contributed by atoms with van der Waals surface area (Å²) in [4.78, 5) is 27.3. The van der Waals surface area contributed by atoms with Gasteiger partial charge in [-0.25, -0.2) is 0 Å². The Morgan fingerprint density at radius 2 is 1.89 bits per heavy atom. The van der Waals surface area contributed by atoms with Crippen LogP contribution in [0.15, 0.2) is 42.5 Å². The molecule has 1 saturated heterocycles. The highest BCUT2D eigenvalue weighted by Gasteiger charge is 2.24. The van der Waals surface area contributed by atoms with Crippen LogP contribution in [-0.2, 0) is 0 Å². The fourth-order valence-corrected chi connectivity index (χ4v) is 3.33. The maximum Gasteiger partial charge on any atom is 0.269 e. The number of benzene rings is 2. The number of hydrogen-bond acceptors (Lipinski definition) is 5. The van der Waals surface area contributed by atoms with Crippen LogP contribution in [0.3, 0.4) is 0 Å². The van der Waals surface area contributed by atoms with E-state index in [0.717, 1.165) is 11.3 Å². The van der Waals surface area contributed by atoms with Crippen molar-refractivity contribution < 1.29 is 14.5 Å². The molecule has 0 saturated carbocycles. The SMILES string of the molecule is CCOc1cccc(C(=O)N2CCN(c3ccc([N+](=O)[O-])cc3C)CC2)c1.